The Balaban J connectivity index is 1.74. The summed E-state index contributed by atoms with van der Waals surface area (Å²) in [5.41, 5.74) is 0.268. The normalized spacial score (nSPS) is 19.1. The lowest BCUT2D eigenvalue weighted by molar-refractivity contribution is -0.141. The number of hydrogen-bond donors (Lipinski definition) is 1. The molecule has 0 saturated carbocycles. The number of hydrogen-bond acceptors (Lipinski definition) is 4. The van der Waals surface area contributed by atoms with Crippen LogP contribution in [0.1, 0.15) is 16.8 Å². The Kier molecular flexibility index (Phi) is 5.36. The van der Waals surface area contributed by atoms with E-state index in [1.165, 1.54) is 36.3 Å². The van der Waals surface area contributed by atoms with Crippen LogP contribution in [-0.2, 0) is 9.53 Å². The molecule has 0 aromatic heterocycles. The lowest BCUT2D eigenvalue weighted by atomic mass is 10.1. The fourth-order valence-electron chi connectivity index (χ4n) is 2.94. The number of likely N-dealkylation sites (tertiary alicyclic amines) is 1. The summed E-state index contributed by atoms with van der Waals surface area (Å²) < 4.78 is 37.1. The van der Waals surface area contributed by atoms with Crippen LogP contribution in [0, 0.1) is 11.6 Å². The standard InChI is InChI=1S/C19H17F2NO5/c1-26-14-9-16(19(24)25)22(10-14)18(23)11-2-5-13(6-3-11)27-17-7-4-12(20)8-15(17)21/h2-8,14,16H,9-10H2,1H3,(H,24,25). The highest BCUT2D eigenvalue weighted by molar-refractivity contribution is 5.97. The third-order valence-corrected chi connectivity index (χ3v) is 4.36. The molecule has 142 valence electrons. The molecule has 27 heavy (non-hydrogen) atoms. The van der Waals surface area contributed by atoms with Crippen molar-refractivity contribution in [2.75, 3.05) is 13.7 Å². The third kappa shape index (κ3) is 4.06. The molecule has 0 bridgehead atoms. The van der Waals surface area contributed by atoms with Crippen LogP contribution in [0.25, 0.3) is 0 Å². The third-order valence-electron chi connectivity index (χ3n) is 4.36. The highest BCUT2D eigenvalue weighted by Gasteiger charge is 2.40. The number of ether oxygens (including phenoxy) is 2. The Morgan fingerprint density at radius 2 is 1.85 bits per heavy atom. The number of amides is 1. The molecule has 2 aromatic carbocycles. The first-order valence-electron chi connectivity index (χ1n) is 8.18. The number of benzene rings is 2. The van der Waals surface area contributed by atoms with Crippen LogP contribution in [0.2, 0.25) is 0 Å². The van der Waals surface area contributed by atoms with Gasteiger partial charge in [0.05, 0.1) is 6.10 Å². The Bertz CT molecular complexity index is 856. The number of carbonyl (C=O) groups is 2. The van der Waals surface area contributed by atoms with Crippen molar-refractivity contribution in [1.29, 1.82) is 0 Å². The molecule has 1 amide bonds. The van der Waals surface area contributed by atoms with Crippen molar-refractivity contribution >= 4 is 11.9 Å². The van der Waals surface area contributed by atoms with Gasteiger partial charge in [-0.15, -0.1) is 0 Å². The number of carboxylic acids is 1. The zero-order valence-electron chi connectivity index (χ0n) is 14.4. The van der Waals surface area contributed by atoms with Gasteiger partial charge in [-0.05, 0) is 36.4 Å². The Labute approximate surface area is 153 Å². The molecule has 0 aliphatic carbocycles. The molecule has 2 atom stereocenters. The number of carbonyl (C=O) groups excluding carboxylic acids is 1. The highest BCUT2D eigenvalue weighted by Crippen LogP contribution is 2.27. The van der Waals surface area contributed by atoms with Crippen molar-refractivity contribution < 1.29 is 33.0 Å². The van der Waals surface area contributed by atoms with E-state index in [4.69, 9.17) is 9.47 Å². The van der Waals surface area contributed by atoms with E-state index in [0.29, 0.717) is 6.07 Å². The Morgan fingerprint density at radius 1 is 1.15 bits per heavy atom. The Hall–Kier alpha value is -3.00. The summed E-state index contributed by atoms with van der Waals surface area (Å²) >= 11 is 0. The molecule has 3 rings (SSSR count). The van der Waals surface area contributed by atoms with E-state index >= 15 is 0 Å². The maximum absolute atomic E-state index is 13.6. The zero-order chi connectivity index (χ0) is 19.6. The van der Waals surface area contributed by atoms with E-state index < -0.39 is 29.6 Å². The first-order valence-corrected chi connectivity index (χ1v) is 8.18. The van der Waals surface area contributed by atoms with Gasteiger partial charge in [-0.2, -0.15) is 0 Å². The molecule has 0 spiro atoms. The topological polar surface area (TPSA) is 76.1 Å². The molecule has 6 nitrogen and oxygen atoms in total. The summed E-state index contributed by atoms with van der Waals surface area (Å²) in [6.45, 7) is 0.186. The van der Waals surface area contributed by atoms with E-state index in [0.717, 1.165) is 12.1 Å². The number of aliphatic carboxylic acids is 1. The molecule has 0 radical (unpaired) electrons. The van der Waals surface area contributed by atoms with Gasteiger partial charge < -0.3 is 19.5 Å². The minimum absolute atomic E-state index is 0.149. The molecule has 1 fully saturated rings. The van der Waals surface area contributed by atoms with E-state index in [1.807, 2.05) is 0 Å². The molecule has 1 N–H and O–H groups in total. The summed E-state index contributed by atoms with van der Waals surface area (Å²) in [7, 11) is 1.47. The van der Waals surface area contributed by atoms with Gasteiger partial charge in [0.2, 0.25) is 0 Å². The average Bonchev–Trinajstić information content (AvgIpc) is 3.09. The van der Waals surface area contributed by atoms with Gasteiger partial charge in [-0.1, -0.05) is 0 Å². The predicted octanol–water partition coefficient (Wildman–Crippen LogP) is 3.07. The first kappa shape index (κ1) is 18.8. The SMILES string of the molecule is COC1CC(C(=O)O)N(C(=O)c2ccc(Oc3ccc(F)cc3F)cc2)C1. The molecular formula is C19H17F2NO5. The lowest BCUT2D eigenvalue weighted by Crippen LogP contribution is -2.40. The van der Waals surface area contributed by atoms with Crippen molar-refractivity contribution in [3.63, 3.8) is 0 Å². The fraction of sp³-hybridized carbons (Fsp3) is 0.263. The quantitative estimate of drug-likeness (QED) is 0.867. The Morgan fingerprint density at radius 3 is 2.44 bits per heavy atom. The number of methoxy groups -OCH3 is 1. The van der Waals surface area contributed by atoms with Gasteiger partial charge in [0.15, 0.2) is 11.6 Å². The lowest BCUT2D eigenvalue weighted by Gasteiger charge is -2.21. The van der Waals surface area contributed by atoms with Gasteiger partial charge in [0.25, 0.3) is 5.91 Å². The van der Waals surface area contributed by atoms with Gasteiger partial charge in [-0.25, -0.2) is 13.6 Å². The monoisotopic (exact) mass is 377 g/mol. The minimum Gasteiger partial charge on any atom is -0.480 e. The van der Waals surface area contributed by atoms with Crippen molar-refractivity contribution in [2.45, 2.75) is 18.6 Å². The predicted molar refractivity (Wildman–Crippen MR) is 90.7 cm³/mol. The maximum atomic E-state index is 13.6. The van der Waals surface area contributed by atoms with Crippen molar-refractivity contribution in [3.8, 4) is 11.5 Å². The van der Waals surface area contributed by atoms with Crippen LogP contribution in [0.15, 0.2) is 42.5 Å². The largest absolute Gasteiger partial charge is 0.480 e. The first-order chi connectivity index (χ1) is 12.9. The molecule has 2 aromatic rings. The van der Waals surface area contributed by atoms with E-state index in [2.05, 4.69) is 0 Å². The van der Waals surface area contributed by atoms with Crippen LogP contribution >= 0.6 is 0 Å². The fourth-order valence-corrected chi connectivity index (χ4v) is 2.94. The summed E-state index contributed by atoms with van der Waals surface area (Å²) in [6, 6.07) is 7.81. The number of nitrogens with zero attached hydrogens (tertiary/aromatic N) is 1. The molecular weight excluding hydrogens is 360 g/mol. The molecule has 8 heteroatoms. The second-order valence-corrected chi connectivity index (χ2v) is 6.11. The number of carboxylic acid groups (broad SMARTS) is 1. The van der Waals surface area contributed by atoms with Gasteiger partial charge in [0, 0.05) is 31.7 Å². The number of rotatable bonds is 5. The highest BCUT2D eigenvalue weighted by atomic mass is 19.1. The second-order valence-electron chi connectivity index (χ2n) is 6.11. The van der Waals surface area contributed by atoms with E-state index in [1.54, 1.807) is 0 Å². The molecule has 1 aliphatic rings. The van der Waals surface area contributed by atoms with E-state index in [-0.39, 0.29) is 36.1 Å². The zero-order valence-corrected chi connectivity index (χ0v) is 14.4. The number of halogens is 2. The van der Waals surface area contributed by atoms with Gasteiger partial charge in [0.1, 0.15) is 17.6 Å². The van der Waals surface area contributed by atoms with Gasteiger partial charge in [-0.3, -0.25) is 4.79 Å². The summed E-state index contributed by atoms with van der Waals surface area (Å²) in [6.07, 6.45) is -0.109. The molecule has 1 aliphatic heterocycles. The summed E-state index contributed by atoms with van der Waals surface area (Å²) in [5, 5.41) is 9.31. The van der Waals surface area contributed by atoms with Crippen molar-refractivity contribution in [2.24, 2.45) is 0 Å². The van der Waals surface area contributed by atoms with Crippen molar-refractivity contribution in [3.05, 3.63) is 59.7 Å². The average molecular weight is 377 g/mol. The van der Waals surface area contributed by atoms with Crippen LogP contribution in [-0.4, -0.2) is 47.7 Å². The molecule has 1 saturated heterocycles. The van der Waals surface area contributed by atoms with Crippen molar-refractivity contribution in [1.82, 2.24) is 4.90 Å². The molecule has 2 unspecified atom stereocenters. The molecule has 1 heterocycles. The maximum Gasteiger partial charge on any atom is 0.326 e. The van der Waals surface area contributed by atoms with Crippen LogP contribution < -0.4 is 4.74 Å². The van der Waals surface area contributed by atoms with E-state index in [9.17, 15) is 23.5 Å². The minimum atomic E-state index is -1.09. The summed E-state index contributed by atoms with van der Waals surface area (Å²) in [5.74, 6) is -2.99. The van der Waals surface area contributed by atoms with Crippen LogP contribution in [0.4, 0.5) is 8.78 Å². The van der Waals surface area contributed by atoms with Crippen LogP contribution in [0.3, 0.4) is 0 Å². The van der Waals surface area contributed by atoms with Crippen LogP contribution in [0.5, 0.6) is 11.5 Å². The second kappa shape index (κ2) is 7.71. The van der Waals surface area contributed by atoms with Gasteiger partial charge >= 0.3 is 5.97 Å². The smallest absolute Gasteiger partial charge is 0.326 e. The summed E-state index contributed by atoms with van der Waals surface area (Å²) in [4.78, 5) is 25.3.